The van der Waals surface area contributed by atoms with Crippen LogP contribution in [0.15, 0.2) is 24.3 Å². The number of aliphatic hydroxyl groups excluding tert-OH is 1. The number of alkyl halides is 2. The fourth-order valence-corrected chi connectivity index (χ4v) is 6.64. The zero-order valence-electron chi connectivity index (χ0n) is 23.7. The summed E-state index contributed by atoms with van der Waals surface area (Å²) in [6.07, 6.45) is -0.0393. The Morgan fingerprint density at radius 1 is 1.10 bits per heavy atom. The summed E-state index contributed by atoms with van der Waals surface area (Å²) in [7, 11) is 1.63. The number of benzene rings is 1. The number of halogens is 2. The van der Waals surface area contributed by atoms with Crippen LogP contribution in [0.5, 0.6) is 5.75 Å². The summed E-state index contributed by atoms with van der Waals surface area (Å²) >= 11 is 0. The molecule has 6 unspecified atom stereocenters. The van der Waals surface area contributed by atoms with E-state index in [0.717, 1.165) is 5.56 Å². The molecule has 0 spiro atoms. The van der Waals surface area contributed by atoms with Gasteiger partial charge in [-0.1, -0.05) is 18.2 Å². The molecule has 10 nitrogen and oxygen atoms in total. The number of aliphatic hydroxyl groups is 1. The maximum absolute atomic E-state index is 14.3. The highest BCUT2D eigenvalue weighted by Crippen LogP contribution is 2.38. The lowest BCUT2D eigenvalue weighted by Gasteiger charge is -2.45. The molecule has 3 amide bonds. The molecule has 5 rings (SSSR count). The molecule has 4 N–H and O–H groups in total. The minimum Gasteiger partial charge on any atom is -0.493 e. The molecule has 2 saturated heterocycles. The van der Waals surface area contributed by atoms with Crippen LogP contribution < -0.4 is 20.7 Å². The number of nitrogens with one attached hydrogen (secondary N) is 3. The number of hydrogen-bond donors (Lipinski definition) is 4. The third-order valence-electron chi connectivity index (χ3n) is 9.18. The molecule has 226 valence electrons. The number of rotatable bonds is 7. The third kappa shape index (κ3) is 6.49. The van der Waals surface area contributed by atoms with Crippen LogP contribution in [-0.2, 0) is 14.4 Å². The van der Waals surface area contributed by atoms with E-state index in [2.05, 4.69) is 16.0 Å². The third-order valence-corrected chi connectivity index (χ3v) is 9.18. The molecule has 0 bridgehead atoms. The fourth-order valence-electron chi connectivity index (χ4n) is 6.64. The number of piperazine rings is 1. The Bertz CT molecular complexity index is 1130. The molecular formula is C29H41F2N5O5. The topological polar surface area (TPSA) is 123 Å². The molecule has 3 heterocycles. The molecule has 1 aromatic rings. The van der Waals surface area contributed by atoms with Gasteiger partial charge >= 0.3 is 0 Å². The number of nitrogens with zero attached hydrogens (tertiary/aromatic N) is 2. The van der Waals surface area contributed by atoms with Crippen molar-refractivity contribution in [2.45, 2.75) is 87.7 Å². The number of carbonyl (C=O) groups excluding carboxylic acids is 3. The molecule has 4 aliphatic rings. The first-order valence-corrected chi connectivity index (χ1v) is 14.7. The second-order valence-electron chi connectivity index (χ2n) is 11.9. The number of fused-ring (bicyclic) bond motifs is 2. The van der Waals surface area contributed by atoms with Gasteiger partial charge in [-0.05, 0) is 45.2 Å². The summed E-state index contributed by atoms with van der Waals surface area (Å²) in [6, 6.07) is 4.59. The molecule has 41 heavy (non-hydrogen) atoms. The van der Waals surface area contributed by atoms with E-state index in [9.17, 15) is 28.3 Å². The Balaban J connectivity index is 1.40. The van der Waals surface area contributed by atoms with Crippen LogP contribution in [0.4, 0.5) is 8.78 Å². The predicted molar refractivity (Wildman–Crippen MR) is 146 cm³/mol. The smallest absolute Gasteiger partial charge is 0.248 e. The van der Waals surface area contributed by atoms with Gasteiger partial charge in [-0.15, -0.1) is 0 Å². The number of ether oxygens (including phenoxy) is 1. The van der Waals surface area contributed by atoms with Crippen LogP contribution in [0.2, 0.25) is 0 Å². The van der Waals surface area contributed by atoms with Crippen molar-refractivity contribution in [3.05, 3.63) is 29.8 Å². The highest BCUT2D eigenvalue weighted by Gasteiger charge is 2.48. The van der Waals surface area contributed by atoms with Crippen molar-refractivity contribution in [3.8, 4) is 5.75 Å². The van der Waals surface area contributed by atoms with Gasteiger partial charge in [-0.2, -0.15) is 0 Å². The second-order valence-corrected chi connectivity index (χ2v) is 11.9. The highest BCUT2D eigenvalue weighted by molar-refractivity contribution is 5.93. The zero-order chi connectivity index (χ0) is 29.3. The van der Waals surface area contributed by atoms with Crippen molar-refractivity contribution in [1.29, 1.82) is 0 Å². The average Bonchev–Trinajstić information content (AvgIpc) is 3.33. The first-order valence-electron chi connectivity index (χ1n) is 14.7. The zero-order valence-corrected chi connectivity index (χ0v) is 23.7. The summed E-state index contributed by atoms with van der Waals surface area (Å²) in [5.41, 5.74) is 0.865. The van der Waals surface area contributed by atoms with Gasteiger partial charge in [0.15, 0.2) is 0 Å². The molecule has 1 saturated carbocycles. The number of para-hydroxylation sites is 1. The molecule has 0 radical (unpaired) electrons. The first kappa shape index (κ1) is 29.7. The van der Waals surface area contributed by atoms with E-state index < -0.39 is 47.9 Å². The highest BCUT2D eigenvalue weighted by atomic mass is 19.3. The van der Waals surface area contributed by atoms with Gasteiger partial charge in [0.2, 0.25) is 23.6 Å². The van der Waals surface area contributed by atoms with Gasteiger partial charge in [0, 0.05) is 50.5 Å². The molecule has 6 atom stereocenters. The van der Waals surface area contributed by atoms with Crippen LogP contribution in [0.25, 0.3) is 0 Å². The molecule has 3 fully saturated rings. The van der Waals surface area contributed by atoms with Crippen molar-refractivity contribution in [2.24, 2.45) is 5.92 Å². The summed E-state index contributed by atoms with van der Waals surface area (Å²) < 4.78 is 33.8. The minimum atomic E-state index is -2.79. The number of amides is 3. The van der Waals surface area contributed by atoms with Gasteiger partial charge < -0.3 is 30.7 Å². The Labute approximate surface area is 239 Å². The number of hydrogen-bond acceptors (Lipinski definition) is 7. The molecule has 3 aliphatic heterocycles. The van der Waals surface area contributed by atoms with E-state index in [1.54, 1.807) is 14.0 Å². The van der Waals surface area contributed by atoms with E-state index in [4.69, 9.17) is 4.74 Å². The predicted octanol–water partition coefficient (Wildman–Crippen LogP) is 1.19. The maximum atomic E-state index is 14.3. The molecule has 0 aromatic heterocycles. The molecule has 12 heteroatoms. The van der Waals surface area contributed by atoms with Gasteiger partial charge in [0.05, 0.1) is 24.8 Å². The van der Waals surface area contributed by atoms with Crippen molar-refractivity contribution in [2.75, 3.05) is 33.3 Å². The lowest BCUT2D eigenvalue weighted by atomic mass is 9.81. The van der Waals surface area contributed by atoms with Crippen molar-refractivity contribution in [3.63, 3.8) is 0 Å². The minimum absolute atomic E-state index is 0.0927. The van der Waals surface area contributed by atoms with Gasteiger partial charge in [0.1, 0.15) is 17.8 Å². The van der Waals surface area contributed by atoms with E-state index in [1.807, 2.05) is 29.2 Å². The Kier molecular flexibility index (Phi) is 8.81. The van der Waals surface area contributed by atoms with Crippen molar-refractivity contribution in [1.82, 2.24) is 25.8 Å². The normalized spacial score (nSPS) is 29.4. The summed E-state index contributed by atoms with van der Waals surface area (Å²) in [4.78, 5) is 44.7. The van der Waals surface area contributed by atoms with Crippen LogP contribution >= 0.6 is 0 Å². The fraction of sp³-hybridized carbons (Fsp3) is 0.690. The van der Waals surface area contributed by atoms with Crippen molar-refractivity contribution >= 4 is 17.7 Å². The second kappa shape index (κ2) is 12.2. The lowest BCUT2D eigenvalue weighted by Crippen LogP contribution is -2.66. The summed E-state index contributed by atoms with van der Waals surface area (Å²) in [5, 5.41) is 19.2. The van der Waals surface area contributed by atoms with Gasteiger partial charge in [-0.25, -0.2) is 8.78 Å². The van der Waals surface area contributed by atoms with Crippen LogP contribution in [-0.4, -0.2) is 102 Å². The van der Waals surface area contributed by atoms with Crippen molar-refractivity contribution < 1.29 is 33.0 Å². The maximum Gasteiger partial charge on any atom is 0.248 e. The quantitative estimate of drug-likeness (QED) is 0.384. The number of likely N-dealkylation sites (N-methyl/N-ethyl adjacent to an activating group) is 1. The van der Waals surface area contributed by atoms with Crippen LogP contribution in [0.1, 0.15) is 57.1 Å². The largest absolute Gasteiger partial charge is 0.493 e. The van der Waals surface area contributed by atoms with Crippen LogP contribution in [0.3, 0.4) is 0 Å². The first-order chi connectivity index (χ1) is 19.6. The van der Waals surface area contributed by atoms with E-state index in [1.165, 1.54) is 4.90 Å². The van der Waals surface area contributed by atoms with Gasteiger partial charge in [-0.3, -0.25) is 19.3 Å². The summed E-state index contributed by atoms with van der Waals surface area (Å²) in [6.45, 7) is 2.95. The van der Waals surface area contributed by atoms with Gasteiger partial charge in [0.25, 0.3) is 0 Å². The standard InChI is InChI=1S/C29H41F2N5O5/c1-17(32-2)26(38)34-25(18-7-10-29(30,31)11-8-18)28(40)36-14-19-13-20(37)15-35(19)16-23(36)27(39)33-22-9-12-41-24-6-4-3-5-21(22)24/h3-6,17-20,22-23,25,32,37H,7-16H2,1-2H3,(H,33,39)(H,34,38). The van der Waals surface area contributed by atoms with Crippen LogP contribution in [0, 0.1) is 5.92 Å². The Morgan fingerprint density at radius 3 is 2.56 bits per heavy atom. The van der Waals surface area contributed by atoms with E-state index in [0.29, 0.717) is 31.7 Å². The molecule has 1 aromatic carbocycles. The summed E-state index contributed by atoms with van der Waals surface area (Å²) in [5.74, 6) is -3.74. The number of carbonyl (C=O) groups is 3. The average molecular weight is 578 g/mol. The van der Waals surface area contributed by atoms with E-state index >= 15 is 0 Å². The monoisotopic (exact) mass is 577 g/mol. The lowest BCUT2D eigenvalue weighted by molar-refractivity contribution is -0.150. The molecular weight excluding hydrogens is 536 g/mol. The Hall–Kier alpha value is -2.83. The SMILES string of the molecule is CNC(C)C(=O)NC(C(=O)N1CC2CC(O)CN2CC1C(=O)NC1CCOc2ccccc21)C1CCC(F)(F)CC1. The Morgan fingerprint density at radius 2 is 1.83 bits per heavy atom. The van der Waals surface area contributed by atoms with E-state index in [-0.39, 0.29) is 56.8 Å². The molecule has 1 aliphatic carbocycles.